The number of nitrogens with two attached hydrogens (primary N) is 1. The van der Waals surface area contributed by atoms with Gasteiger partial charge in [0.15, 0.2) is 0 Å². The summed E-state index contributed by atoms with van der Waals surface area (Å²) in [5, 5.41) is 3.46. The minimum atomic E-state index is -0.226. The predicted octanol–water partition coefficient (Wildman–Crippen LogP) is 5.02. The summed E-state index contributed by atoms with van der Waals surface area (Å²) in [6.07, 6.45) is 7.56. The van der Waals surface area contributed by atoms with Crippen LogP contribution in [0.4, 0.5) is 5.69 Å². The van der Waals surface area contributed by atoms with Gasteiger partial charge in [0.05, 0.1) is 0 Å². The zero-order valence-corrected chi connectivity index (χ0v) is 19.9. The van der Waals surface area contributed by atoms with Gasteiger partial charge >= 0.3 is 0 Å². The Morgan fingerprint density at radius 1 is 1.16 bits per heavy atom. The number of halogens is 1. The van der Waals surface area contributed by atoms with Crippen molar-refractivity contribution < 1.29 is 9.59 Å². The van der Waals surface area contributed by atoms with Gasteiger partial charge in [0.25, 0.3) is 5.91 Å². The van der Waals surface area contributed by atoms with Crippen LogP contribution in [0.2, 0.25) is 5.02 Å². The molecule has 2 unspecified atom stereocenters. The highest BCUT2D eigenvalue weighted by molar-refractivity contribution is 6.31. The molecule has 2 atom stereocenters. The maximum atomic E-state index is 13.3. The Bertz CT molecular complexity index is 943. The molecule has 3 rings (SSSR count). The number of amides is 2. The molecular weight excluding hydrogens is 424 g/mol. The summed E-state index contributed by atoms with van der Waals surface area (Å²) >= 11 is 6.52. The Labute approximate surface area is 195 Å². The van der Waals surface area contributed by atoms with E-state index in [2.05, 4.69) is 31.1 Å². The second kappa shape index (κ2) is 10.5. The van der Waals surface area contributed by atoms with Gasteiger partial charge < -0.3 is 16.0 Å². The van der Waals surface area contributed by atoms with E-state index in [4.69, 9.17) is 17.3 Å². The number of nitrogens with zero attached hydrogens (tertiary/aromatic N) is 2. The van der Waals surface area contributed by atoms with Gasteiger partial charge in [-0.2, -0.15) is 0 Å². The van der Waals surface area contributed by atoms with Crippen molar-refractivity contribution >= 4 is 29.1 Å². The van der Waals surface area contributed by atoms with Crippen LogP contribution < -0.4 is 11.1 Å². The van der Waals surface area contributed by atoms with Gasteiger partial charge in [-0.25, -0.2) is 0 Å². The third-order valence-corrected chi connectivity index (χ3v) is 6.14. The van der Waals surface area contributed by atoms with Crippen molar-refractivity contribution in [3.8, 4) is 0 Å². The van der Waals surface area contributed by atoms with Crippen LogP contribution in [0.3, 0.4) is 0 Å². The maximum absolute atomic E-state index is 13.3. The molecular formula is C25H33ClN4O2. The molecule has 0 saturated heterocycles. The number of pyridine rings is 1. The number of nitrogens with one attached hydrogen (secondary N) is 1. The molecule has 7 heteroatoms. The van der Waals surface area contributed by atoms with E-state index in [1.54, 1.807) is 36.7 Å². The number of carbonyl (C=O) groups excluding carboxylic acids is 2. The van der Waals surface area contributed by atoms with Gasteiger partial charge in [0, 0.05) is 53.7 Å². The molecule has 2 aromatic rings. The number of hydrogen-bond donors (Lipinski definition) is 2. The van der Waals surface area contributed by atoms with E-state index in [0.717, 1.165) is 31.2 Å². The average Bonchev–Trinajstić information content (AvgIpc) is 2.74. The highest BCUT2D eigenvalue weighted by Crippen LogP contribution is 2.30. The molecule has 1 aromatic heterocycles. The molecule has 0 aliphatic heterocycles. The Kier molecular flexibility index (Phi) is 7.91. The fourth-order valence-electron chi connectivity index (χ4n) is 4.14. The normalized spacial score (nSPS) is 18.8. The van der Waals surface area contributed by atoms with Crippen molar-refractivity contribution in [2.45, 2.75) is 71.5 Å². The smallest absolute Gasteiger partial charge is 0.255 e. The summed E-state index contributed by atoms with van der Waals surface area (Å²) in [4.78, 5) is 31.7. The monoisotopic (exact) mass is 456 g/mol. The molecule has 3 N–H and O–H groups in total. The van der Waals surface area contributed by atoms with E-state index in [9.17, 15) is 9.59 Å². The minimum absolute atomic E-state index is 0.00951. The van der Waals surface area contributed by atoms with Crippen molar-refractivity contribution in [3.05, 3.63) is 58.9 Å². The predicted molar refractivity (Wildman–Crippen MR) is 128 cm³/mol. The molecule has 1 saturated carbocycles. The van der Waals surface area contributed by atoms with Crippen LogP contribution in [0.5, 0.6) is 0 Å². The summed E-state index contributed by atoms with van der Waals surface area (Å²) in [7, 11) is 0. The molecule has 0 bridgehead atoms. The van der Waals surface area contributed by atoms with Crippen LogP contribution in [-0.2, 0) is 11.3 Å². The van der Waals surface area contributed by atoms with Gasteiger partial charge in [-0.3, -0.25) is 14.6 Å². The highest BCUT2D eigenvalue weighted by Gasteiger charge is 2.33. The van der Waals surface area contributed by atoms with E-state index < -0.39 is 0 Å². The maximum Gasteiger partial charge on any atom is 0.255 e. The molecule has 1 aromatic carbocycles. The molecule has 6 nitrogen and oxygen atoms in total. The topological polar surface area (TPSA) is 88.3 Å². The van der Waals surface area contributed by atoms with Crippen LogP contribution in [0.15, 0.2) is 42.7 Å². The third-order valence-electron chi connectivity index (χ3n) is 5.77. The lowest BCUT2D eigenvalue weighted by atomic mass is 9.87. The summed E-state index contributed by atoms with van der Waals surface area (Å²) < 4.78 is 0. The lowest BCUT2D eigenvalue weighted by Gasteiger charge is -2.39. The van der Waals surface area contributed by atoms with E-state index in [0.29, 0.717) is 29.2 Å². The van der Waals surface area contributed by atoms with E-state index in [-0.39, 0.29) is 29.3 Å². The molecule has 1 aliphatic rings. The van der Waals surface area contributed by atoms with Crippen molar-refractivity contribution in [2.24, 2.45) is 11.1 Å². The minimum Gasteiger partial charge on any atom is -0.334 e. The van der Waals surface area contributed by atoms with Crippen LogP contribution in [0, 0.1) is 5.41 Å². The first-order valence-electron chi connectivity index (χ1n) is 11.2. The summed E-state index contributed by atoms with van der Waals surface area (Å²) in [5.74, 6) is -0.141. The van der Waals surface area contributed by atoms with E-state index in [1.165, 1.54) is 0 Å². The number of hydrogen-bond acceptors (Lipinski definition) is 4. The highest BCUT2D eigenvalue weighted by atomic mass is 35.5. The van der Waals surface area contributed by atoms with Gasteiger partial charge in [0.1, 0.15) is 0 Å². The van der Waals surface area contributed by atoms with Gasteiger partial charge in [-0.1, -0.05) is 45.2 Å². The molecule has 172 valence electrons. The number of rotatable bonds is 6. The van der Waals surface area contributed by atoms with E-state index in [1.807, 2.05) is 11.0 Å². The van der Waals surface area contributed by atoms with Crippen LogP contribution in [0.25, 0.3) is 0 Å². The third kappa shape index (κ3) is 6.53. The lowest BCUT2D eigenvalue weighted by Crippen LogP contribution is -2.52. The summed E-state index contributed by atoms with van der Waals surface area (Å²) in [6.45, 7) is 6.55. The number of aromatic nitrogens is 1. The van der Waals surface area contributed by atoms with Crippen LogP contribution in [-0.4, -0.2) is 33.8 Å². The SMILES string of the molecule is CC(C)(C)CC(=O)N(Cc1cc(NC(=O)c2ccncc2)ccc1Cl)C1CCCCC1N. The molecule has 1 fully saturated rings. The molecule has 0 radical (unpaired) electrons. The van der Waals surface area contributed by atoms with Crippen LogP contribution in [0.1, 0.15) is 68.8 Å². The zero-order valence-electron chi connectivity index (χ0n) is 19.1. The fourth-order valence-corrected chi connectivity index (χ4v) is 4.31. The first-order chi connectivity index (χ1) is 15.1. The summed E-state index contributed by atoms with van der Waals surface area (Å²) in [6, 6.07) is 8.62. The standard InChI is InChI=1S/C25H33ClN4O2/c1-25(2,3)15-23(31)30(22-7-5-4-6-21(22)27)16-18-14-19(8-9-20(18)26)29-24(32)17-10-12-28-13-11-17/h8-14,21-22H,4-7,15-16,27H2,1-3H3,(H,29,32). The number of anilines is 1. The van der Waals surface area contributed by atoms with Crippen molar-refractivity contribution in [1.82, 2.24) is 9.88 Å². The Hall–Kier alpha value is -2.44. The Balaban J connectivity index is 1.84. The zero-order chi connectivity index (χ0) is 23.3. The molecule has 1 aliphatic carbocycles. The second-order valence-corrected chi connectivity index (χ2v) is 10.2. The van der Waals surface area contributed by atoms with Gasteiger partial charge in [-0.15, -0.1) is 0 Å². The Morgan fingerprint density at radius 3 is 2.50 bits per heavy atom. The van der Waals surface area contributed by atoms with Crippen molar-refractivity contribution in [3.63, 3.8) is 0 Å². The van der Waals surface area contributed by atoms with Crippen molar-refractivity contribution in [1.29, 1.82) is 0 Å². The summed E-state index contributed by atoms with van der Waals surface area (Å²) in [5.41, 5.74) is 8.26. The van der Waals surface area contributed by atoms with Gasteiger partial charge in [-0.05, 0) is 54.2 Å². The lowest BCUT2D eigenvalue weighted by molar-refractivity contribution is -0.137. The molecule has 2 amide bonds. The molecule has 0 spiro atoms. The van der Waals surface area contributed by atoms with Gasteiger partial charge in [0.2, 0.25) is 5.91 Å². The Morgan fingerprint density at radius 2 is 1.84 bits per heavy atom. The first kappa shape index (κ1) is 24.2. The molecule has 1 heterocycles. The number of carbonyl (C=O) groups is 2. The first-order valence-corrected chi connectivity index (χ1v) is 11.6. The van der Waals surface area contributed by atoms with E-state index >= 15 is 0 Å². The fraction of sp³-hybridized carbons (Fsp3) is 0.480. The van der Waals surface area contributed by atoms with Crippen LogP contribution >= 0.6 is 11.6 Å². The second-order valence-electron chi connectivity index (χ2n) is 9.77. The van der Waals surface area contributed by atoms with Crippen molar-refractivity contribution in [2.75, 3.05) is 5.32 Å². The largest absolute Gasteiger partial charge is 0.334 e. The number of benzene rings is 1. The molecule has 32 heavy (non-hydrogen) atoms. The quantitative estimate of drug-likeness (QED) is 0.638. The average molecular weight is 457 g/mol.